The summed E-state index contributed by atoms with van der Waals surface area (Å²) in [5.74, 6) is 1.42. The molecule has 2 rings (SSSR count). The number of nitrogens with one attached hydrogen (secondary N) is 1. The lowest BCUT2D eigenvalue weighted by Crippen LogP contribution is -2.40. The summed E-state index contributed by atoms with van der Waals surface area (Å²) in [4.78, 5) is 0. The first-order chi connectivity index (χ1) is 10.1. The molecule has 1 fully saturated rings. The van der Waals surface area contributed by atoms with Crippen LogP contribution in [0, 0.1) is 17.7 Å². The van der Waals surface area contributed by atoms with Crippen molar-refractivity contribution in [2.75, 3.05) is 6.54 Å². The average molecular weight is 356 g/mol. The molecule has 3 heteroatoms. The van der Waals surface area contributed by atoms with Gasteiger partial charge in [0.2, 0.25) is 0 Å². The first-order valence-electron chi connectivity index (χ1n) is 8.27. The average Bonchev–Trinajstić information content (AvgIpc) is 2.45. The third-order valence-corrected chi connectivity index (χ3v) is 5.40. The van der Waals surface area contributed by atoms with E-state index in [2.05, 4.69) is 35.1 Å². The van der Waals surface area contributed by atoms with Crippen molar-refractivity contribution in [2.24, 2.45) is 11.8 Å². The van der Waals surface area contributed by atoms with Crippen LogP contribution in [-0.2, 0) is 6.42 Å². The molecule has 0 heterocycles. The molecule has 1 nitrogen and oxygen atoms in total. The van der Waals surface area contributed by atoms with Gasteiger partial charge in [0.25, 0.3) is 0 Å². The van der Waals surface area contributed by atoms with Crippen molar-refractivity contribution in [1.29, 1.82) is 0 Å². The maximum atomic E-state index is 13.2. The normalized spacial score (nSPS) is 24.0. The van der Waals surface area contributed by atoms with Crippen molar-refractivity contribution >= 4 is 15.9 Å². The van der Waals surface area contributed by atoms with Gasteiger partial charge in [0, 0.05) is 10.5 Å². The molecule has 21 heavy (non-hydrogen) atoms. The van der Waals surface area contributed by atoms with E-state index in [9.17, 15) is 4.39 Å². The van der Waals surface area contributed by atoms with Crippen molar-refractivity contribution in [1.82, 2.24) is 5.32 Å². The summed E-state index contributed by atoms with van der Waals surface area (Å²) in [6.45, 7) is 5.65. The zero-order valence-electron chi connectivity index (χ0n) is 13.2. The predicted molar refractivity (Wildman–Crippen MR) is 91.0 cm³/mol. The van der Waals surface area contributed by atoms with E-state index in [-0.39, 0.29) is 5.82 Å². The summed E-state index contributed by atoms with van der Waals surface area (Å²) < 4.78 is 14.1. The minimum Gasteiger partial charge on any atom is -0.313 e. The van der Waals surface area contributed by atoms with Crippen LogP contribution < -0.4 is 5.32 Å². The molecule has 0 aliphatic heterocycles. The van der Waals surface area contributed by atoms with Crippen LogP contribution in [0.4, 0.5) is 4.39 Å². The van der Waals surface area contributed by atoms with Gasteiger partial charge in [0.15, 0.2) is 0 Å². The molecule has 0 amide bonds. The minimum atomic E-state index is -0.171. The van der Waals surface area contributed by atoms with E-state index >= 15 is 0 Å². The predicted octanol–water partition coefficient (Wildman–Crippen LogP) is 5.33. The Morgan fingerprint density at radius 1 is 1.38 bits per heavy atom. The van der Waals surface area contributed by atoms with Crippen LogP contribution in [0.1, 0.15) is 51.5 Å². The lowest BCUT2D eigenvalue weighted by Gasteiger charge is -2.34. The van der Waals surface area contributed by atoms with Crippen LogP contribution in [0.15, 0.2) is 22.7 Å². The minimum absolute atomic E-state index is 0.171. The molecule has 3 atom stereocenters. The Balaban J connectivity index is 2.07. The number of rotatable bonds is 6. The lowest BCUT2D eigenvalue weighted by molar-refractivity contribution is 0.221. The van der Waals surface area contributed by atoms with Crippen molar-refractivity contribution < 1.29 is 4.39 Å². The van der Waals surface area contributed by atoms with E-state index < -0.39 is 0 Å². The highest BCUT2D eigenvalue weighted by Crippen LogP contribution is 2.32. The maximum absolute atomic E-state index is 13.2. The van der Waals surface area contributed by atoms with Crippen LogP contribution in [0.5, 0.6) is 0 Å². The number of hydrogen-bond donors (Lipinski definition) is 1. The summed E-state index contributed by atoms with van der Waals surface area (Å²) in [7, 11) is 0. The molecule has 1 aromatic rings. The van der Waals surface area contributed by atoms with Gasteiger partial charge in [0.1, 0.15) is 5.82 Å². The quantitative estimate of drug-likeness (QED) is 0.727. The van der Waals surface area contributed by atoms with Gasteiger partial charge in [0.05, 0.1) is 0 Å². The maximum Gasteiger partial charge on any atom is 0.124 e. The second-order valence-corrected chi connectivity index (χ2v) is 7.39. The van der Waals surface area contributed by atoms with Crippen LogP contribution in [-0.4, -0.2) is 12.6 Å². The first kappa shape index (κ1) is 17.0. The molecule has 0 saturated heterocycles. The van der Waals surface area contributed by atoms with E-state index in [1.54, 1.807) is 12.1 Å². The van der Waals surface area contributed by atoms with Crippen molar-refractivity contribution in [3.63, 3.8) is 0 Å². The Bertz CT molecular complexity index is 449. The first-order valence-corrected chi connectivity index (χ1v) is 9.06. The molecule has 0 spiro atoms. The van der Waals surface area contributed by atoms with E-state index in [0.717, 1.165) is 35.7 Å². The molecule has 0 aromatic heterocycles. The third-order valence-electron chi connectivity index (χ3n) is 4.66. The Morgan fingerprint density at radius 2 is 2.19 bits per heavy atom. The Labute approximate surface area is 136 Å². The van der Waals surface area contributed by atoms with Crippen LogP contribution in [0.2, 0.25) is 0 Å². The Morgan fingerprint density at radius 3 is 2.86 bits per heavy atom. The molecular formula is C18H27BrFN. The monoisotopic (exact) mass is 355 g/mol. The summed E-state index contributed by atoms with van der Waals surface area (Å²) in [5, 5.41) is 3.74. The van der Waals surface area contributed by atoms with E-state index in [4.69, 9.17) is 0 Å². The summed E-state index contributed by atoms with van der Waals surface area (Å²) in [5.41, 5.74) is 1.21. The molecule has 3 unspecified atom stereocenters. The highest BCUT2D eigenvalue weighted by molar-refractivity contribution is 9.10. The molecule has 1 N–H and O–H groups in total. The topological polar surface area (TPSA) is 12.0 Å². The van der Waals surface area contributed by atoms with Crippen molar-refractivity contribution in [3.8, 4) is 0 Å². The van der Waals surface area contributed by atoms with Gasteiger partial charge in [-0.3, -0.25) is 0 Å². The number of halogens is 2. The molecule has 118 valence electrons. The Hall–Kier alpha value is -0.410. The largest absolute Gasteiger partial charge is 0.313 e. The van der Waals surface area contributed by atoms with Crippen molar-refractivity contribution in [3.05, 3.63) is 34.1 Å². The van der Waals surface area contributed by atoms with Gasteiger partial charge < -0.3 is 5.32 Å². The van der Waals surface area contributed by atoms with Crippen LogP contribution >= 0.6 is 15.9 Å². The fourth-order valence-corrected chi connectivity index (χ4v) is 4.02. The van der Waals surface area contributed by atoms with Gasteiger partial charge in [-0.15, -0.1) is 0 Å². The second-order valence-electron chi connectivity index (χ2n) is 6.53. The SMILES string of the molecule is CCCNC(Cc1ccc(F)cc1Br)C1CCCC(C)C1. The highest BCUT2D eigenvalue weighted by Gasteiger charge is 2.26. The number of hydrogen-bond acceptors (Lipinski definition) is 1. The second kappa shape index (κ2) is 8.28. The summed E-state index contributed by atoms with van der Waals surface area (Å²) in [6.07, 6.45) is 7.50. The van der Waals surface area contributed by atoms with E-state index in [1.165, 1.54) is 31.2 Å². The fraction of sp³-hybridized carbons (Fsp3) is 0.667. The molecule has 1 aliphatic rings. The Kier molecular flexibility index (Phi) is 6.69. The molecular weight excluding hydrogens is 329 g/mol. The molecule has 0 radical (unpaired) electrons. The lowest BCUT2D eigenvalue weighted by atomic mass is 9.77. The van der Waals surface area contributed by atoms with Crippen molar-refractivity contribution in [2.45, 2.75) is 58.4 Å². The highest BCUT2D eigenvalue weighted by atomic mass is 79.9. The molecule has 1 aliphatic carbocycles. The van der Waals surface area contributed by atoms with Gasteiger partial charge in [-0.2, -0.15) is 0 Å². The van der Waals surface area contributed by atoms with Crippen LogP contribution in [0.3, 0.4) is 0 Å². The molecule has 1 saturated carbocycles. The molecule has 1 aromatic carbocycles. The van der Waals surface area contributed by atoms with Gasteiger partial charge in [-0.25, -0.2) is 4.39 Å². The summed E-state index contributed by atoms with van der Waals surface area (Å²) >= 11 is 3.51. The van der Waals surface area contributed by atoms with E-state index in [0.29, 0.717) is 6.04 Å². The molecule has 0 bridgehead atoms. The van der Waals surface area contributed by atoms with E-state index in [1.807, 2.05) is 6.07 Å². The van der Waals surface area contributed by atoms with Gasteiger partial charge in [-0.05, 0) is 61.8 Å². The number of benzene rings is 1. The zero-order chi connectivity index (χ0) is 15.2. The van der Waals surface area contributed by atoms with Gasteiger partial charge in [-0.1, -0.05) is 48.7 Å². The van der Waals surface area contributed by atoms with Crippen LogP contribution in [0.25, 0.3) is 0 Å². The summed E-state index contributed by atoms with van der Waals surface area (Å²) in [6, 6.07) is 5.58. The third kappa shape index (κ3) is 5.07. The zero-order valence-corrected chi connectivity index (χ0v) is 14.8. The standard InChI is InChI=1S/C18H27BrFN/c1-3-9-21-18(15-6-4-5-13(2)10-15)11-14-7-8-16(20)12-17(14)19/h7-8,12-13,15,18,21H,3-6,9-11H2,1-2H3. The van der Waals surface area contributed by atoms with Gasteiger partial charge >= 0.3 is 0 Å². The fourth-order valence-electron chi connectivity index (χ4n) is 3.51. The smallest absolute Gasteiger partial charge is 0.124 e.